The van der Waals surface area contributed by atoms with Crippen LogP contribution >= 0.6 is 23.2 Å². The number of phenols is 1. The Labute approximate surface area is 199 Å². The summed E-state index contributed by atoms with van der Waals surface area (Å²) in [5, 5.41) is 24.6. The summed E-state index contributed by atoms with van der Waals surface area (Å²) < 4.78 is 5.46. The highest BCUT2D eigenvalue weighted by atomic mass is 35.5. The van der Waals surface area contributed by atoms with Crippen LogP contribution in [0.3, 0.4) is 0 Å². The molecule has 0 aliphatic rings. The molecule has 9 heteroatoms. The van der Waals surface area contributed by atoms with Crippen molar-refractivity contribution in [1.29, 1.82) is 5.26 Å². The van der Waals surface area contributed by atoms with Crippen molar-refractivity contribution in [2.75, 3.05) is 17.2 Å². The number of hydrogen-bond donors (Lipinski definition) is 3. The first-order chi connectivity index (χ1) is 15.8. The molecule has 0 aliphatic carbocycles. The van der Waals surface area contributed by atoms with Gasteiger partial charge in [0.1, 0.15) is 23.1 Å². The third kappa shape index (κ3) is 7.01. The lowest BCUT2D eigenvalue weighted by Gasteiger charge is -2.08. The van der Waals surface area contributed by atoms with Gasteiger partial charge in [-0.1, -0.05) is 35.3 Å². The van der Waals surface area contributed by atoms with E-state index in [-0.39, 0.29) is 23.8 Å². The molecule has 3 aromatic carbocycles. The number of nitrogens with one attached hydrogen (secondary N) is 2. The number of halogens is 2. The predicted octanol–water partition coefficient (Wildman–Crippen LogP) is 5.26. The number of nitriles is 1. The summed E-state index contributed by atoms with van der Waals surface area (Å²) in [5.74, 6) is -0.459. The minimum absolute atomic E-state index is 0.0678. The van der Waals surface area contributed by atoms with Crippen LogP contribution in [0.1, 0.15) is 5.56 Å². The lowest BCUT2D eigenvalue weighted by Crippen LogP contribution is -2.20. The summed E-state index contributed by atoms with van der Waals surface area (Å²) >= 11 is 11.8. The summed E-state index contributed by atoms with van der Waals surface area (Å²) in [6.07, 6.45) is 1.43. The van der Waals surface area contributed by atoms with Crippen molar-refractivity contribution in [2.45, 2.75) is 0 Å². The normalized spacial score (nSPS) is 10.8. The highest BCUT2D eigenvalue weighted by Gasteiger charge is 2.10. The van der Waals surface area contributed by atoms with Gasteiger partial charge < -0.3 is 20.5 Å². The molecule has 3 rings (SSSR count). The molecule has 0 spiro atoms. The topological polar surface area (TPSA) is 111 Å². The molecule has 33 heavy (non-hydrogen) atoms. The third-order valence-electron chi connectivity index (χ3n) is 4.25. The van der Waals surface area contributed by atoms with E-state index < -0.39 is 5.91 Å². The number of nitrogens with zero attached hydrogens (tertiary/aromatic N) is 1. The molecule has 0 atom stereocenters. The van der Waals surface area contributed by atoms with Crippen LogP contribution in [-0.4, -0.2) is 23.5 Å². The van der Waals surface area contributed by atoms with Gasteiger partial charge in [0.05, 0.1) is 10.0 Å². The second-order valence-electron chi connectivity index (χ2n) is 6.71. The van der Waals surface area contributed by atoms with Crippen LogP contribution < -0.4 is 15.4 Å². The fraction of sp³-hybridized carbons (Fsp3) is 0.0417. The zero-order valence-corrected chi connectivity index (χ0v) is 18.5. The van der Waals surface area contributed by atoms with E-state index in [9.17, 15) is 20.0 Å². The summed E-state index contributed by atoms with van der Waals surface area (Å²) in [6, 6.07) is 19.0. The number of rotatable bonds is 7. The van der Waals surface area contributed by atoms with Crippen LogP contribution in [0.25, 0.3) is 6.08 Å². The van der Waals surface area contributed by atoms with Crippen LogP contribution in [0, 0.1) is 11.3 Å². The van der Waals surface area contributed by atoms with Crippen LogP contribution in [0.2, 0.25) is 10.0 Å². The summed E-state index contributed by atoms with van der Waals surface area (Å²) in [7, 11) is 0. The highest BCUT2D eigenvalue weighted by molar-refractivity contribution is 6.42. The van der Waals surface area contributed by atoms with Gasteiger partial charge in [0, 0.05) is 11.4 Å². The van der Waals surface area contributed by atoms with E-state index in [1.807, 2.05) is 6.07 Å². The Balaban J connectivity index is 1.56. The van der Waals surface area contributed by atoms with E-state index in [1.165, 1.54) is 36.4 Å². The maximum Gasteiger partial charge on any atom is 0.266 e. The molecule has 0 bridgehead atoms. The number of amides is 2. The predicted molar refractivity (Wildman–Crippen MR) is 127 cm³/mol. The van der Waals surface area contributed by atoms with Crippen molar-refractivity contribution in [3.8, 4) is 17.6 Å². The molecular weight excluding hydrogens is 465 g/mol. The van der Waals surface area contributed by atoms with Gasteiger partial charge in [-0.25, -0.2) is 0 Å². The molecule has 0 aromatic heterocycles. The molecule has 0 unspecified atom stereocenters. The Hall–Kier alpha value is -3.99. The maximum absolute atomic E-state index is 12.3. The monoisotopic (exact) mass is 481 g/mol. The smallest absolute Gasteiger partial charge is 0.266 e. The lowest BCUT2D eigenvalue weighted by atomic mass is 10.1. The van der Waals surface area contributed by atoms with Gasteiger partial charge >= 0.3 is 0 Å². The summed E-state index contributed by atoms with van der Waals surface area (Å²) in [5.41, 5.74) is 1.44. The third-order valence-corrected chi connectivity index (χ3v) is 4.99. The zero-order chi connectivity index (χ0) is 23.8. The van der Waals surface area contributed by atoms with Crippen LogP contribution in [-0.2, 0) is 9.59 Å². The van der Waals surface area contributed by atoms with Crippen LogP contribution in [0.5, 0.6) is 11.5 Å². The molecule has 0 fully saturated rings. The molecule has 3 N–H and O–H groups in total. The average Bonchev–Trinajstić information content (AvgIpc) is 2.80. The molecular formula is C24H17Cl2N3O4. The molecule has 2 amide bonds. The molecule has 0 radical (unpaired) electrons. The standard InChI is InChI=1S/C24H17Cl2N3O4/c25-21-10-5-18(12-22(21)26)28-23(31)14-33-20-8-1-15(2-9-20)11-16(13-27)24(32)29-17-3-6-19(30)7-4-17/h1-12,30H,14H2,(H,28,31)(H,29,32). The van der Waals surface area contributed by atoms with E-state index in [2.05, 4.69) is 10.6 Å². The largest absolute Gasteiger partial charge is 0.508 e. The Bertz CT molecular complexity index is 1230. The number of phenolic OH excluding ortho intramolecular Hbond substituents is 1. The fourth-order valence-corrected chi connectivity index (χ4v) is 2.94. The lowest BCUT2D eigenvalue weighted by molar-refractivity contribution is -0.118. The molecule has 166 valence electrons. The first-order valence-corrected chi connectivity index (χ1v) is 10.3. The summed E-state index contributed by atoms with van der Waals surface area (Å²) in [6.45, 7) is -0.228. The Morgan fingerprint density at radius 1 is 0.939 bits per heavy atom. The SMILES string of the molecule is N#CC(=Cc1ccc(OCC(=O)Nc2ccc(Cl)c(Cl)c2)cc1)C(=O)Nc1ccc(O)cc1. The van der Waals surface area contributed by atoms with E-state index in [0.717, 1.165) is 0 Å². The Kier molecular flexibility index (Phi) is 7.92. The van der Waals surface area contributed by atoms with Crippen LogP contribution in [0.4, 0.5) is 11.4 Å². The highest BCUT2D eigenvalue weighted by Crippen LogP contribution is 2.25. The van der Waals surface area contributed by atoms with Crippen LogP contribution in [0.15, 0.2) is 72.3 Å². The Morgan fingerprint density at radius 3 is 2.24 bits per heavy atom. The van der Waals surface area contributed by atoms with Crippen molar-refractivity contribution in [3.63, 3.8) is 0 Å². The van der Waals surface area contributed by atoms with E-state index >= 15 is 0 Å². The number of carbonyl (C=O) groups excluding carboxylic acids is 2. The molecule has 7 nitrogen and oxygen atoms in total. The first kappa shape index (κ1) is 23.7. The van der Waals surface area contributed by atoms with Gasteiger partial charge in [0.2, 0.25) is 0 Å². The molecule has 0 aliphatic heterocycles. The van der Waals surface area contributed by atoms with Gasteiger partial charge in [-0.15, -0.1) is 0 Å². The second kappa shape index (κ2) is 11.0. The van der Waals surface area contributed by atoms with Crippen molar-refractivity contribution >= 4 is 52.5 Å². The fourth-order valence-electron chi connectivity index (χ4n) is 2.64. The molecule has 0 heterocycles. The van der Waals surface area contributed by atoms with Gasteiger partial charge in [-0.3, -0.25) is 9.59 Å². The van der Waals surface area contributed by atoms with Crippen molar-refractivity contribution in [2.24, 2.45) is 0 Å². The minimum Gasteiger partial charge on any atom is -0.508 e. The maximum atomic E-state index is 12.3. The van der Waals surface area contributed by atoms with Crippen molar-refractivity contribution in [3.05, 3.63) is 87.9 Å². The molecule has 0 saturated heterocycles. The van der Waals surface area contributed by atoms with Gasteiger partial charge in [-0.05, 0) is 66.2 Å². The number of aromatic hydroxyl groups is 1. The number of hydrogen-bond acceptors (Lipinski definition) is 5. The quantitative estimate of drug-likeness (QED) is 0.242. The number of anilines is 2. The zero-order valence-electron chi connectivity index (χ0n) is 17.0. The summed E-state index contributed by atoms with van der Waals surface area (Å²) in [4.78, 5) is 24.4. The number of ether oxygens (including phenoxy) is 1. The van der Waals surface area contributed by atoms with E-state index in [0.29, 0.717) is 32.7 Å². The second-order valence-corrected chi connectivity index (χ2v) is 7.52. The van der Waals surface area contributed by atoms with Gasteiger partial charge in [0.15, 0.2) is 6.61 Å². The first-order valence-electron chi connectivity index (χ1n) is 9.54. The van der Waals surface area contributed by atoms with E-state index in [4.69, 9.17) is 27.9 Å². The van der Waals surface area contributed by atoms with Gasteiger partial charge in [-0.2, -0.15) is 5.26 Å². The molecule has 0 saturated carbocycles. The number of benzene rings is 3. The van der Waals surface area contributed by atoms with Crippen molar-refractivity contribution < 1.29 is 19.4 Å². The Morgan fingerprint density at radius 2 is 1.61 bits per heavy atom. The number of carbonyl (C=O) groups is 2. The van der Waals surface area contributed by atoms with E-state index in [1.54, 1.807) is 36.4 Å². The van der Waals surface area contributed by atoms with Crippen molar-refractivity contribution in [1.82, 2.24) is 0 Å². The molecule has 3 aromatic rings. The average molecular weight is 482 g/mol. The minimum atomic E-state index is -0.581. The van der Waals surface area contributed by atoms with Gasteiger partial charge in [0.25, 0.3) is 11.8 Å².